The Labute approximate surface area is 166 Å². The number of nitrogens with one attached hydrogen (secondary N) is 1. The fraction of sp³-hybridized carbons (Fsp3) is 0.190. The number of carbonyl (C=O) groups is 1. The maximum Gasteiger partial charge on any atom is 0.281 e. The molecular formula is C21H20N6O2. The van der Waals surface area contributed by atoms with Crippen molar-refractivity contribution in [3.63, 3.8) is 0 Å². The normalized spacial score (nSPS) is 12.1. The lowest BCUT2D eigenvalue weighted by atomic mass is 10.1. The van der Waals surface area contributed by atoms with Crippen molar-refractivity contribution in [3.05, 3.63) is 76.2 Å². The molecule has 8 nitrogen and oxygen atoms in total. The predicted octanol–water partition coefficient (Wildman–Crippen LogP) is 2.79. The first-order valence-electron chi connectivity index (χ1n) is 9.23. The van der Waals surface area contributed by atoms with Crippen LogP contribution >= 0.6 is 0 Å². The SMILES string of the molecule is Cc1cccc(C)c1NC(=O)[C@@H](C)n1nnc2c(cnn2-c2ccccc2)c1=O. The van der Waals surface area contributed by atoms with Gasteiger partial charge in [0.25, 0.3) is 5.56 Å². The molecule has 0 aliphatic heterocycles. The second-order valence-corrected chi connectivity index (χ2v) is 6.90. The van der Waals surface area contributed by atoms with Gasteiger partial charge in [0.15, 0.2) is 5.65 Å². The number of hydrogen-bond acceptors (Lipinski definition) is 5. The van der Waals surface area contributed by atoms with E-state index in [0.717, 1.165) is 27.2 Å². The highest BCUT2D eigenvalue weighted by Gasteiger charge is 2.22. The van der Waals surface area contributed by atoms with Crippen molar-refractivity contribution in [2.75, 3.05) is 5.32 Å². The van der Waals surface area contributed by atoms with Crippen LogP contribution in [0, 0.1) is 13.8 Å². The standard InChI is InChI=1S/C21H20N6O2/c1-13-8-7-9-14(2)18(13)23-20(28)15(3)26-21(29)17-12-22-27(19(17)24-25-26)16-10-5-4-6-11-16/h4-12,15H,1-3H3,(H,23,28)/t15-/m1/s1. The van der Waals surface area contributed by atoms with Gasteiger partial charge in [-0.15, -0.1) is 5.10 Å². The van der Waals surface area contributed by atoms with Gasteiger partial charge in [-0.1, -0.05) is 41.6 Å². The third-order valence-electron chi connectivity index (χ3n) is 4.89. The number of anilines is 1. The molecule has 0 spiro atoms. The van der Waals surface area contributed by atoms with Crippen LogP contribution < -0.4 is 10.9 Å². The molecule has 0 aliphatic rings. The van der Waals surface area contributed by atoms with E-state index >= 15 is 0 Å². The van der Waals surface area contributed by atoms with Gasteiger partial charge in [-0.25, -0.2) is 4.68 Å². The van der Waals surface area contributed by atoms with Crippen molar-refractivity contribution in [1.82, 2.24) is 24.8 Å². The number of para-hydroxylation sites is 2. The summed E-state index contributed by atoms with van der Waals surface area (Å²) in [6.45, 7) is 5.46. The van der Waals surface area contributed by atoms with Crippen molar-refractivity contribution < 1.29 is 4.79 Å². The van der Waals surface area contributed by atoms with Gasteiger partial charge in [-0.3, -0.25) is 9.59 Å². The van der Waals surface area contributed by atoms with Crippen molar-refractivity contribution in [1.29, 1.82) is 0 Å². The average Bonchev–Trinajstić information content (AvgIpc) is 3.16. The average molecular weight is 388 g/mol. The number of aryl methyl sites for hydroxylation is 2. The van der Waals surface area contributed by atoms with Gasteiger partial charge in [-0.05, 0) is 44.0 Å². The summed E-state index contributed by atoms with van der Waals surface area (Å²) in [6.07, 6.45) is 1.45. The number of benzene rings is 2. The topological polar surface area (TPSA) is 94.7 Å². The second-order valence-electron chi connectivity index (χ2n) is 6.90. The fourth-order valence-corrected chi connectivity index (χ4v) is 3.21. The lowest BCUT2D eigenvalue weighted by molar-refractivity contribution is -0.119. The van der Waals surface area contributed by atoms with E-state index in [-0.39, 0.29) is 5.91 Å². The van der Waals surface area contributed by atoms with Crippen LogP contribution in [0.25, 0.3) is 16.7 Å². The first-order chi connectivity index (χ1) is 14.0. The van der Waals surface area contributed by atoms with Crippen molar-refractivity contribution in [3.8, 4) is 5.69 Å². The summed E-state index contributed by atoms with van der Waals surface area (Å²) in [7, 11) is 0. The number of nitrogens with zero attached hydrogens (tertiary/aromatic N) is 5. The first kappa shape index (κ1) is 18.5. The van der Waals surface area contributed by atoms with Gasteiger partial charge in [0.1, 0.15) is 11.4 Å². The van der Waals surface area contributed by atoms with Gasteiger partial charge >= 0.3 is 0 Å². The number of hydrogen-bond donors (Lipinski definition) is 1. The van der Waals surface area contributed by atoms with Gasteiger partial charge < -0.3 is 5.32 Å². The summed E-state index contributed by atoms with van der Waals surface area (Å²) in [5, 5.41) is 15.6. The quantitative estimate of drug-likeness (QED) is 0.580. The Balaban J connectivity index is 1.68. The maximum atomic E-state index is 12.9. The molecule has 146 valence electrons. The number of carbonyl (C=O) groups excluding carboxylic acids is 1. The van der Waals surface area contributed by atoms with E-state index in [9.17, 15) is 9.59 Å². The fourth-order valence-electron chi connectivity index (χ4n) is 3.21. The van der Waals surface area contributed by atoms with E-state index in [0.29, 0.717) is 11.0 Å². The lowest BCUT2D eigenvalue weighted by Gasteiger charge is -2.16. The molecule has 0 radical (unpaired) electrons. The molecule has 1 atom stereocenters. The molecule has 2 aromatic heterocycles. The Kier molecular flexibility index (Phi) is 4.67. The Hall–Kier alpha value is -3.81. The highest BCUT2D eigenvalue weighted by atomic mass is 16.2. The van der Waals surface area contributed by atoms with E-state index in [4.69, 9.17) is 0 Å². The molecule has 0 saturated carbocycles. The van der Waals surface area contributed by atoms with Crippen molar-refractivity contribution in [2.45, 2.75) is 26.8 Å². The second kappa shape index (κ2) is 7.31. The Morgan fingerprint density at radius 2 is 1.72 bits per heavy atom. The third-order valence-corrected chi connectivity index (χ3v) is 4.89. The minimum Gasteiger partial charge on any atom is -0.324 e. The van der Waals surface area contributed by atoms with E-state index in [1.54, 1.807) is 11.6 Å². The van der Waals surface area contributed by atoms with Gasteiger partial charge in [0.2, 0.25) is 5.91 Å². The van der Waals surface area contributed by atoms with Crippen LogP contribution in [-0.4, -0.2) is 30.7 Å². The molecule has 0 unspecified atom stereocenters. The maximum absolute atomic E-state index is 12.9. The Morgan fingerprint density at radius 3 is 2.41 bits per heavy atom. The summed E-state index contributed by atoms with van der Waals surface area (Å²) in [5.74, 6) is -0.339. The Bertz CT molecular complexity index is 1240. The van der Waals surface area contributed by atoms with Crippen LogP contribution in [0.3, 0.4) is 0 Å². The zero-order valence-electron chi connectivity index (χ0n) is 16.3. The molecule has 2 heterocycles. The largest absolute Gasteiger partial charge is 0.324 e. The summed E-state index contributed by atoms with van der Waals surface area (Å²) in [5.41, 5.74) is 3.34. The molecule has 2 aromatic carbocycles. The molecule has 0 bridgehead atoms. The molecule has 0 aliphatic carbocycles. The summed E-state index contributed by atoms with van der Waals surface area (Å²) >= 11 is 0. The zero-order chi connectivity index (χ0) is 20.5. The minimum absolute atomic E-state index is 0.301. The monoisotopic (exact) mass is 388 g/mol. The number of fused-ring (bicyclic) bond motifs is 1. The van der Waals surface area contributed by atoms with Crippen molar-refractivity contribution in [2.24, 2.45) is 0 Å². The van der Waals surface area contributed by atoms with Crippen LogP contribution in [0.2, 0.25) is 0 Å². The van der Waals surface area contributed by atoms with E-state index in [1.165, 1.54) is 6.20 Å². The van der Waals surface area contributed by atoms with Gasteiger partial charge in [0.05, 0.1) is 11.9 Å². The van der Waals surface area contributed by atoms with Crippen LogP contribution in [0.4, 0.5) is 5.69 Å². The molecule has 29 heavy (non-hydrogen) atoms. The molecule has 0 saturated heterocycles. The highest BCUT2D eigenvalue weighted by Crippen LogP contribution is 2.21. The summed E-state index contributed by atoms with van der Waals surface area (Å²) in [6, 6.07) is 14.3. The molecule has 4 aromatic rings. The number of aromatic nitrogens is 5. The Morgan fingerprint density at radius 1 is 1.03 bits per heavy atom. The van der Waals surface area contributed by atoms with Crippen LogP contribution in [0.1, 0.15) is 24.1 Å². The van der Waals surface area contributed by atoms with Gasteiger partial charge in [-0.2, -0.15) is 9.78 Å². The first-order valence-corrected chi connectivity index (χ1v) is 9.23. The molecule has 0 fully saturated rings. The highest BCUT2D eigenvalue weighted by molar-refractivity contribution is 5.95. The van der Waals surface area contributed by atoms with E-state index < -0.39 is 11.6 Å². The van der Waals surface area contributed by atoms with E-state index in [2.05, 4.69) is 20.7 Å². The minimum atomic E-state index is -0.835. The molecule has 1 amide bonds. The van der Waals surface area contributed by atoms with Crippen LogP contribution in [-0.2, 0) is 4.79 Å². The molecular weight excluding hydrogens is 368 g/mol. The van der Waals surface area contributed by atoms with Crippen LogP contribution in [0.5, 0.6) is 0 Å². The zero-order valence-corrected chi connectivity index (χ0v) is 16.3. The van der Waals surface area contributed by atoms with E-state index in [1.807, 2.05) is 62.4 Å². The third kappa shape index (κ3) is 3.29. The molecule has 1 N–H and O–H groups in total. The van der Waals surface area contributed by atoms with Crippen LogP contribution in [0.15, 0.2) is 59.5 Å². The number of rotatable bonds is 4. The van der Waals surface area contributed by atoms with Gasteiger partial charge in [0, 0.05) is 5.69 Å². The lowest BCUT2D eigenvalue weighted by Crippen LogP contribution is -2.34. The summed E-state index contributed by atoms with van der Waals surface area (Å²) in [4.78, 5) is 25.7. The molecule has 4 rings (SSSR count). The number of amides is 1. The smallest absolute Gasteiger partial charge is 0.281 e. The summed E-state index contributed by atoms with van der Waals surface area (Å²) < 4.78 is 2.64. The van der Waals surface area contributed by atoms with Crippen molar-refractivity contribution >= 4 is 22.6 Å². The molecule has 8 heteroatoms. The predicted molar refractivity (Wildman–Crippen MR) is 110 cm³/mol.